The molecule has 1 atom stereocenters. The highest BCUT2D eigenvalue weighted by molar-refractivity contribution is 7.85. The lowest BCUT2D eigenvalue weighted by atomic mass is 10.1. The van der Waals surface area contributed by atoms with E-state index in [1.165, 1.54) is 11.1 Å². The van der Waals surface area contributed by atoms with Crippen molar-refractivity contribution in [1.82, 2.24) is 10.6 Å². The third-order valence-electron chi connectivity index (χ3n) is 3.47. The minimum atomic E-state index is -0.992. The van der Waals surface area contributed by atoms with Gasteiger partial charge in [-0.15, -0.1) is 0 Å². The van der Waals surface area contributed by atoms with Gasteiger partial charge >= 0.3 is 0 Å². The lowest BCUT2D eigenvalue weighted by Gasteiger charge is -2.11. The van der Waals surface area contributed by atoms with Crippen molar-refractivity contribution in [3.63, 3.8) is 0 Å². The van der Waals surface area contributed by atoms with E-state index >= 15 is 0 Å². The van der Waals surface area contributed by atoms with E-state index in [4.69, 9.17) is 0 Å². The first-order chi connectivity index (χ1) is 11.7. The lowest BCUT2D eigenvalue weighted by Crippen LogP contribution is -2.39. The van der Waals surface area contributed by atoms with E-state index in [9.17, 15) is 4.21 Å². The first-order valence-corrected chi connectivity index (χ1v) is 9.52. The Balaban J connectivity index is 1.85. The summed E-state index contributed by atoms with van der Waals surface area (Å²) in [6.07, 6.45) is 0. The van der Waals surface area contributed by atoms with E-state index in [1.54, 1.807) is 0 Å². The second-order valence-electron chi connectivity index (χ2n) is 5.47. The van der Waals surface area contributed by atoms with Gasteiger partial charge in [0, 0.05) is 23.7 Å². The Kier molecular flexibility index (Phi) is 7.49. The molecule has 0 aliphatic carbocycles. The molecule has 1 unspecified atom stereocenters. The number of hydrogen-bond donors (Lipinski definition) is 2. The highest BCUT2D eigenvalue weighted by atomic mass is 32.2. The van der Waals surface area contributed by atoms with Crippen molar-refractivity contribution in [3.05, 3.63) is 65.7 Å². The summed E-state index contributed by atoms with van der Waals surface area (Å²) in [5.41, 5.74) is 2.42. The molecule has 5 heteroatoms. The molecule has 2 rings (SSSR count). The van der Waals surface area contributed by atoms with Crippen LogP contribution < -0.4 is 10.6 Å². The highest BCUT2D eigenvalue weighted by Gasteiger charge is 2.03. The highest BCUT2D eigenvalue weighted by Crippen LogP contribution is 2.05. The van der Waals surface area contributed by atoms with Crippen LogP contribution in [0.2, 0.25) is 0 Å². The fraction of sp³-hybridized carbons (Fsp3) is 0.316. The van der Waals surface area contributed by atoms with Crippen molar-refractivity contribution in [3.8, 4) is 0 Å². The van der Waals surface area contributed by atoms with Gasteiger partial charge in [-0.3, -0.25) is 4.21 Å². The van der Waals surface area contributed by atoms with Crippen molar-refractivity contribution in [2.75, 3.05) is 18.8 Å². The Bertz CT molecular complexity index is 669. The van der Waals surface area contributed by atoms with Gasteiger partial charge < -0.3 is 10.6 Å². The van der Waals surface area contributed by atoms with Crippen LogP contribution in [-0.4, -0.2) is 29.0 Å². The van der Waals surface area contributed by atoms with Crippen LogP contribution in [0.15, 0.2) is 64.5 Å². The molecule has 0 heterocycles. The van der Waals surface area contributed by atoms with Gasteiger partial charge in [0.15, 0.2) is 5.96 Å². The Hall–Kier alpha value is -2.14. The monoisotopic (exact) mass is 343 g/mol. The first-order valence-electron chi connectivity index (χ1n) is 8.20. The van der Waals surface area contributed by atoms with Crippen LogP contribution in [0.5, 0.6) is 0 Å². The van der Waals surface area contributed by atoms with Crippen molar-refractivity contribution in [2.45, 2.75) is 25.3 Å². The number of nitrogens with one attached hydrogen (secondary N) is 2. The normalized spacial score (nSPS) is 12.7. The SMILES string of the molecule is CCNC(=NCc1ccc(C)cc1)NCCS(=O)c1ccccc1. The molecule has 0 aromatic heterocycles. The molecule has 2 aromatic rings. The zero-order valence-corrected chi connectivity index (χ0v) is 15.1. The van der Waals surface area contributed by atoms with E-state index in [1.807, 2.05) is 37.3 Å². The molecule has 24 heavy (non-hydrogen) atoms. The van der Waals surface area contributed by atoms with Crippen LogP contribution >= 0.6 is 0 Å². The molecular weight excluding hydrogens is 318 g/mol. The number of aryl methyl sites for hydroxylation is 1. The predicted octanol–water partition coefficient (Wildman–Crippen LogP) is 2.86. The molecule has 0 fully saturated rings. The van der Waals surface area contributed by atoms with Gasteiger partial charge in [-0.1, -0.05) is 48.0 Å². The van der Waals surface area contributed by atoms with Gasteiger partial charge in [0.2, 0.25) is 0 Å². The number of nitrogens with zero attached hydrogens (tertiary/aromatic N) is 1. The van der Waals surface area contributed by atoms with Crippen molar-refractivity contribution in [2.24, 2.45) is 4.99 Å². The van der Waals surface area contributed by atoms with E-state index in [2.05, 4.69) is 46.8 Å². The van der Waals surface area contributed by atoms with Gasteiger partial charge in [-0.05, 0) is 31.5 Å². The average Bonchev–Trinajstić information content (AvgIpc) is 2.61. The third kappa shape index (κ3) is 6.16. The van der Waals surface area contributed by atoms with Gasteiger partial charge in [0.1, 0.15) is 0 Å². The summed E-state index contributed by atoms with van der Waals surface area (Å²) in [6.45, 7) is 6.14. The van der Waals surface area contributed by atoms with Crippen molar-refractivity contribution in [1.29, 1.82) is 0 Å². The number of aliphatic imine (C=N–C) groups is 1. The molecular formula is C19H25N3OS. The topological polar surface area (TPSA) is 53.5 Å². The summed E-state index contributed by atoms with van der Waals surface area (Å²) >= 11 is 0. The fourth-order valence-corrected chi connectivity index (χ4v) is 3.14. The molecule has 0 bridgehead atoms. The Morgan fingerprint density at radius 3 is 2.42 bits per heavy atom. The molecule has 2 N–H and O–H groups in total. The molecule has 4 nitrogen and oxygen atoms in total. The van der Waals surface area contributed by atoms with Gasteiger partial charge in [-0.25, -0.2) is 4.99 Å². The predicted molar refractivity (Wildman–Crippen MR) is 102 cm³/mol. The van der Waals surface area contributed by atoms with Crippen LogP contribution in [0.3, 0.4) is 0 Å². The Labute approximate surface area is 146 Å². The molecule has 0 aliphatic heterocycles. The standard InChI is InChI=1S/C19H25N3OS/c1-3-20-19(22-15-17-11-9-16(2)10-12-17)21-13-14-24(23)18-7-5-4-6-8-18/h4-12H,3,13-15H2,1-2H3,(H2,20,21,22). The van der Waals surface area contributed by atoms with Crippen LogP contribution in [0, 0.1) is 6.92 Å². The molecule has 0 radical (unpaired) electrons. The van der Waals surface area contributed by atoms with Crippen LogP contribution in [0.25, 0.3) is 0 Å². The molecule has 0 saturated carbocycles. The van der Waals surface area contributed by atoms with Gasteiger partial charge in [0.25, 0.3) is 0 Å². The molecule has 128 valence electrons. The van der Waals surface area contributed by atoms with E-state index in [0.29, 0.717) is 18.8 Å². The smallest absolute Gasteiger partial charge is 0.191 e. The van der Waals surface area contributed by atoms with Gasteiger partial charge in [0.05, 0.1) is 17.3 Å². The quantitative estimate of drug-likeness (QED) is 0.600. The summed E-state index contributed by atoms with van der Waals surface area (Å²) in [7, 11) is -0.992. The maximum Gasteiger partial charge on any atom is 0.191 e. The molecule has 0 saturated heterocycles. The van der Waals surface area contributed by atoms with E-state index in [0.717, 1.165) is 17.4 Å². The van der Waals surface area contributed by atoms with Crippen LogP contribution in [0.4, 0.5) is 0 Å². The zero-order valence-electron chi connectivity index (χ0n) is 14.3. The second-order valence-corrected chi connectivity index (χ2v) is 7.04. The summed E-state index contributed by atoms with van der Waals surface area (Å²) in [5, 5.41) is 6.47. The largest absolute Gasteiger partial charge is 0.357 e. The summed E-state index contributed by atoms with van der Waals surface area (Å²) in [6, 6.07) is 17.9. The number of guanidine groups is 1. The molecule has 0 aliphatic rings. The second kappa shape index (κ2) is 9.88. The molecule has 0 amide bonds. The zero-order chi connectivity index (χ0) is 17.2. The molecule has 0 spiro atoms. The third-order valence-corrected chi connectivity index (χ3v) is 4.84. The summed E-state index contributed by atoms with van der Waals surface area (Å²) < 4.78 is 12.2. The maximum absolute atomic E-state index is 12.2. The first kappa shape index (κ1) is 18.2. The minimum absolute atomic E-state index is 0.555. The maximum atomic E-state index is 12.2. The Morgan fingerprint density at radius 1 is 1.04 bits per heavy atom. The van der Waals surface area contributed by atoms with Crippen LogP contribution in [0.1, 0.15) is 18.1 Å². The Morgan fingerprint density at radius 2 is 1.75 bits per heavy atom. The van der Waals surface area contributed by atoms with Crippen molar-refractivity contribution >= 4 is 16.8 Å². The number of hydrogen-bond acceptors (Lipinski definition) is 2. The lowest BCUT2D eigenvalue weighted by molar-refractivity contribution is 0.681. The number of benzene rings is 2. The van der Waals surface area contributed by atoms with Crippen LogP contribution in [-0.2, 0) is 17.3 Å². The fourth-order valence-electron chi connectivity index (χ4n) is 2.16. The number of rotatable bonds is 7. The minimum Gasteiger partial charge on any atom is -0.357 e. The summed E-state index contributed by atoms with van der Waals surface area (Å²) in [4.78, 5) is 5.44. The van der Waals surface area contributed by atoms with E-state index < -0.39 is 10.8 Å². The summed E-state index contributed by atoms with van der Waals surface area (Å²) in [5.74, 6) is 1.31. The molecule has 2 aromatic carbocycles. The average molecular weight is 343 g/mol. The van der Waals surface area contributed by atoms with Crippen molar-refractivity contribution < 1.29 is 4.21 Å². The van der Waals surface area contributed by atoms with E-state index in [-0.39, 0.29) is 0 Å². The van der Waals surface area contributed by atoms with Gasteiger partial charge in [-0.2, -0.15) is 0 Å².